The number of carbonyl (C=O) groups is 3. The fourth-order valence-corrected chi connectivity index (χ4v) is 3.12. The van der Waals surface area contributed by atoms with E-state index >= 15 is 0 Å². The summed E-state index contributed by atoms with van der Waals surface area (Å²) in [5, 5.41) is 23.3. The topological polar surface area (TPSA) is 124 Å². The monoisotopic (exact) mass is 406 g/mol. The summed E-state index contributed by atoms with van der Waals surface area (Å²) >= 11 is 0. The Morgan fingerprint density at radius 1 is 1.27 bits per heavy atom. The van der Waals surface area contributed by atoms with Crippen molar-refractivity contribution in [2.75, 3.05) is 11.9 Å². The summed E-state index contributed by atoms with van der Waals surface area (Å²) in [6.07, 6.45) is 5.19. The molecule has 2 aromatic rings. The molecule has 2 rings (SSSR count). The van der Waals surface area contributed by atoms with Crippen molar-refractivity contribution in [3.05, 3.63) is 51.8 Å². The predicted octanol–water partition coefficient (Wildman–Crippen LogP) is 1.37. The molecule has 8 nitrogen and oxygen atoms in total. The number of benzene rings is 1. The van der Waals surface area contributed by atoms with Crippen LogP contribution in [-0.2, 0) is 11.8 Å². The molecule has 1 aromatic carbocycles. The Labute approximate surface area is 174 Å². The van der Waals surface area contributed by atoms with Gasteiger partial charge < -0.3 is 20.3 Å². The first kappa shape index (κ1) is 22.4. The molecule has 1 aromatic heterocycles. The summed E-state index contributed by atoms with van der Waals surface area (Å²) in [7, 11) is 1.61. The first-order valence-electron chi connectivity index (χ1n) is 9.06. The highest BCUT2D eigenvalue weighted by atomic mass is 16.3. The highest BCUT2D eigenvalue weighted by Crippen LogP contribution is 2.23. The van der Waals surface area contributed by atoms with Gasteiger partial charge in [-0.15, -0.1) is 6.42 Å². The average Bonchev–Trinajstić information content (AvgIpc) is 2.95. The number of aromatic nitrogens is 1. The van der Waals surface area contributed by atoms with Gasteiger partial charge in [-0.1, -0.05) is 12.0 Å². The van der Waals surface area contributed by atoms with Gasteiger partial charge in [0.1, 0.15) is 11.7 Å². The normalized spacial score (nSPS) is 11.2. The van der Waals surface area contributed by atoms with Crippen molar-refractivity contribution in [2.24, 2.45) is 7.05 Å². The third-order valence-electron chi connectivity index (χ3n) is 4.88. The molecule has 0 saturated carbocycles. The quantitative estimate of drug-likeness (QED) is 0.380. The number of hydrogen-bond acceptors (Lipinski definition) is 5. The second-order valence-corrected chi connectivity index (χ2v) is 6.79. The van der Waals surface area contributed by atoms with Crippen LogP contribution in [0.15, 0.2) is 18.2 Å². The van der Waals surface area contributed by atoms with Gasteiger partial charge in [-0.2, -0.15) is 5.26 Å². The van der Waals surface area contributed by atoms with E-state index in [1.165, 1.54) is 4.57 Å². The van der Waals surface area contributed by atoms with Crippen molar-refractivity contribution in [3.8, 4) is 18.4 Å². The lowest BCUT2D eigenvalue weighted by molar-refractivity contribution is -0.117. The molecule has 3 N–H and O–H groups in total. The Balaban J connectivity index is 2.37. The molecular formula is C22H22N4O4. The zero-order valence-corrected chi connectivity index (χ0v) is 17.2. The summed E-state index contributed by atoms with van der Waals surface area (Å²) < 4.78 is 1.52. The molecule has 8 heteroatoms. The molecule has 0 saturated heterocycles. The zero-order valence-electron chi connectivity index (χ0n) is 17.2. The van der Waals surface area contributed by atoms with E-state index in [4.69, 9.17) is 16.8 Å². The van der Waals surface area contributed by atoms with E-state index in [0.717, 1.165) is 5.56 Å². The summed E-state index contributed by atoms with van der Waals surface area (Å²) in [6, 6.07) is 6.04. The van der Waals surface area contributed by atoms with Crippen molar-refractivity contribution in [1.29, 1.82) is 5.26 Å². The molecule has 0 aliphatic rings. The van der Waals surface area contributed by atoms with E-state index in [2.05, 4.69) is 22.6 Å². The number of terminal acetylenes is 1. The van der Waals surface area contributed by atoms with Crippen LogP contribution in [0.3, 0.4) is 0 Å². The van der Waals surface area contributed by atoms with Crippen LogP contribution in [-0.4, -0.2) is 39.9 Å². The number of amides is 2. The van der Waals surface area contributed by atoms with Crippen LogP contribution in [0, 0.1) is 44.4 Å². The van der Waals surface area contributed by atoms with Gasteiger partial charge in [-0.05, 0) is 44.0 Å². The SMILES string of the molecule is C#CC(CO)NC(=O)C(=O)c1c(C)c(C(=O)Nc2ccc(C)c(C#N)c2)n(C)c1C. The molecule has 0 aliphatic heterocycles. The molecule has 1 heterocycles. The fraction of sp³-hybridized carbons (Fsp3) is 0.273. The Morgan fingerprint density at radius 3 is 2.50 bits per heavy atom. The van der Waals surface area contributed by atoms with Crippen LogP contribution in [0.1, 0.15) is 43.2 Å². The van der Waals surface area contributed by atoms with Crippen molar-refractivity contribution in [1.82, 2.24) is 9.88 Å². The van der Waals surface area contributed by atoms with Crippen molar-refractivity contribution < 1.29 is 19.5 Å². The number of nitrogens with one attached hydrogen (secondary N) is 2. The molecule has 0 bridgehead atoms. The zero-order chi connectivity index (χ0) is 22.6. The number of ketones is 1. The van der Waals surface area contributed by atoms with E-state index in [9.17, 15) is 14.4 Å². The molecule has 2 amide bonds. The van der Waals surface area contributed by atoms with Crippen LogP contribution >= 0.6 is 0 Å². The molecule has 0 fully saturated rings. The number of anilines is 1. The summed E-state index contributed by atoms with van der Waals surface area (Å²) in [4.78, 5) is 37.8. The number of nitrogens with zero attached hydrogens (tertiary/aromatic N) is 2. The van der Waals surface area contributed by atoms with Gasteiger partial charge in [0.05, 0.1) is 23.8 Å². The lowest BCUT2D eigenvalue weighted by Gasteiger charge is -2.09. The minimum Gasteiger partial charge on any atom is -0.393 e. The molecule has 0 spiro atoms. The van der Waals surface area contributed by atoms with Gasteiger partial charge in [-0.3, -0.25) is 14.4 Å². The number of Topliss-reactive ketones (excluding diaryl/α,β-unsaturated/α-hetero) is 1. The van der Waals surface area contributed by atoms with E-state index in [0.29, 0.717) is 22.5 Å². The maximum atomic E-state index is 12.9. The van der Waals surface area contributed by atoms with E-state index < -0.39 is 30.2 Å². The van der Waals surface area contributed by atoms with Crippen LogP contribution in [0.2, 0.25) is 0 Å². The number of aliphatic hydroxyl groups is 1. The number of aryl methyl sites for hydroxylation is 1. The maximum Gasteiger partial charge on any atom is 0.293 e. The Morgan fingerprint density at radius 2 is 1.93 bits per heavy atom. The minimum atomic E-state index is -0.982. The Hall–Kier alpha value is -3.88. The number of carbonyl (C=O) groups excluding carboxylic acids is 3. The van der Waals surface area contributed by atoms with Gasteiger partial charge >= 0.3 is 0 Å². The first-order chi connectivity index (χ1) is 14.2. The van der Waals surface area contributed by atoms with Crippen LogP contribution in [0.4, 0.5) is 5.69 Å². The molecule has 154 valence electrons. The second kappa shape index (κ2) is 9.08. The summed E-state index contributed by atoms with van der Waals surface area (Å²) in [5.74, 6) is -0.133. The standard InChI is InChI=1S/C22H22N4O4/c1-6-16(11-27)24-22(30)20(28)18-13(3)19(26(5)14(18)4)21(29)25-17-8-7-12(2)15(9-17)10-23/h1,7-9,16,27H,11H2,2-5H3,(H,24,30)(H,25,29). The van der Waals surface area contributed by atoms with Gasteiger partial charge in [-0.25, -0.2) is 0 Å². The largest absolute Gasteiger partial charge is 0.393 e. The Kier molecular flexibility index (Phi) is 6.78. The van der Waals surface area contributed by atoms with Crippen molar-refractivity contribution in [3.63, 3.8) is 0 Å². The summed E-state index contributed by atoms with van der Waals surface area (Å²) in [5.41, 5.74) is 2.72. The van der Waals surface area contributed by atoms with Gasteiger partial charge in [0.15, 0.2) is 0 Å². The highest BCUT2D eigenvalue weighted by molar-refractivity contribution is 6.43. The van der Waals surface area contributed by atoms with Crippen LogP contribution in [0.25, 0.3) is 0 Å². The molecular weight excluding hydrogens is 384 g/mol. The number of hydrogen-bond donors (Lipinski definition) is 3. The highest BCUT2D eigenvalue weighted by Gasteiger charge is 2.29. The van der Waals surface area contributed by atoms with Gasteiger partial charge in [0, 0.05) is 18.4 Å². The van der Waals surface area contributed by atoms with Gasteiger partial charge in [0.2, 0.25) is 0 Å². The molecule has 30 heavy (non-hydrogen) atoms. The number of aliphatic hydroxyl groups excluding tert-OH is 1. The van der Waals surface area contributed by atoms with E-state index in [1.54, 1.807) is 46.0 Å². The number of rotatable bonds is 6. The van der Waals surface area contributed by atoms with E-state index in [1.807, 2.05) is 0 Å². The lowest BCUT2D eigenvalue weighted by Crippen LogP contribution is -2.40. The first-order valence-corrected chi connectivity index (χ1v) is 9.06. The molecule has 1 atom stereocenters. The van der Waals surface area contributed by atoms with Crippen LogP contribution in [0.5, 0.6) is 0 Å². The van der Waals surface area contributed by atoms with E-state index in [-0.39, 0.29) is 11.3 Å². The molecule has 0 aliphatic carbocycles. The minimum absolute atomic E-state index is 0.0930. The van der Waals surface area contributed by atoms with Crippen LogP contribution < -0.4 is 10.6 Å². The maximum absolute atomic E-state index is 12.9. The molecule has 1 unspecified atom stereocenters. The van der Waals surface area contributed by atoms with Crippen molar-refractivity contribution in [2.45, 2.75) is 26.8 Å². The smallest absolute Gasteiger partial charge is 0.293 e. The third-order valence-corrected chi connectivity index (χ3v) is 4.88. The van der Waals surface area contributed by atoms with Gasteiger partial charge in [0.25, 0.3) is 17.6 Å². The fourth-order valence-electron chi connectivity index (χ4n) is 3.12. The van der Waals surface area contributed by atoms with Crippen molar-refractivity contribution >= 4 is 23.3 Å². The summed E-state index contributed by atoms with van der Waals surface area (Å²) in [6.45, 7) is 4.48. The average molecular weight is 406 g/mol. The third kappa shape index (κ3) is 4.24. The lowest BCUT2D eigenvalue weighted by atomic mass is 10.0. The number of nitriles is 1. The predicted molar refractivity (Wildman–Crippen MR) is 111 cm³/mol. The Bertz CT molecular complexity index is 1120. The molecule has 0 radical (unpaired) electrons. The second-order valence-electron chi connectivity index (χ2n) is 6.79.